The summed E-state index contributed by atoms with van der Waals surface area (Å²) in [5.41, 5.74) is 4.90. The lowest BCUT2D eigenvalue weighted by Crippen LogP contribution is -2.33. The summed E-state index contributed by atoms with van der Waals surface area (Å²) in [4.78, 5) is 28.8. The number of benzene rings is 3. The van der Waals surface area contributed by atoms with Crippen LogP contribution < -0.4 is 4.74 Å². The van der Waals surface area contributed by atoms with Gasteiger partial charge in [-0.15, -0.1) is 0 Å². The van der Waals surface area contributed by atoms with E-state index in [4.69, 9.17) is 4.74 Å². The molecule has 0 bridgehead atoms. The summed E-state index contributed by atoms with van der Waals surface area (Å²) in [5.74, 6) is 0.463. The maximum atomic E-state index is 13.2. The molecule has 0 N–H and O–H groups in total. The van der Waals surface area contributed by atoms with Crippen molar-refractivity contribution in [2.45, 2.75) is 39.9 Å². The van der Waals surface area contributed by atoms with E-state index in [-0.39, 0.29) is 17.6 Å². The average molecular weight is 461 g/mol. The first-order valence-corrected chi connectivity index (χ1v) is 11.5. The van der Waals surface area contributed by atoms with Crippen molar-refractivity contribution < 1.29 is 18.7 Å². The smallest absolute Gasteiger partial charge is 0.227 e. The lowest BCUT2D eigenvalue weighted by Gasteiger charge is -2.23. The second-order valence-electron chi connectivity index (χ2n) is 8.77. The lowest BCUT2D eigenvalue weighted by atomic mass is 10.1. The summed E-state index contributed by atoms with van der Waals surface area (Å²) in [6, 6.07) is 20.1. The number of hydrogen-bond donors (Lipinski definition) is 0. The minimum absolute atomic E-state index is 0.0624. The van der Waals surface area contributed by atoms with E-state index in [0.717, 1.165) is 28.0 Å². The van der Waals surface area contributed by atoms with Crippen molar-refractivity contribution in [3.05, 3.63) is 100 Å². The molecule has 0 saturated carbocycles. The number of nitrogens with zero attached hydrogens (tertiary/aromatic N) is 2. The van der Waals surface area contributed by atoms with Gasteiger partial charge in [-0.3, -0.25) is 9.59 Å². The second-order valence-corrected chi connectivity index (χ2v) is 8.77. The predicted molar refractivity (Wildman–Crippen MR) is 129 cm³/mol. The molecular formula is C28H29FN2O3. The molecule has 5 nitrogen and oxygen atoms in total. The van der Waals surface area contributed by atoms with E-state index in [2.05, 4.69) is 0 Å². The van der Waals surface area contributed by atoms with Crippen molar-refractivity contribution in [2.75, 3.05) is 13.2 Å². The van der Waals surface area contributed by atoms with Gasteiger partial charge in [0.15, 0.2) is 0 Å². The summed E-state index contributed by atoms with van der Waals surface area (Å²) in [6.07, 6.45) is 0.352. The molecule has 1 aliphatic rings. The number of fused-ring (bicyclic) bond motifs is 1. The number of hydrogen-bond acceptors (Lipinski definition) is 3. The Balaban J connectivity index is 1.47. The van der Waals surface area contributed by atoms with E-state index in [1.807, 2.05) is 54.3 Å². The van der Waals surface area contributed by atoms with E-state index in [0.29, 0.717) is 39.2 Å². The number of halogens is 1. The molecule has 0 spiro atoms. The van der Waals surface area contributed by atoms with Crippen molar-refractivity contribution in [3.8, 4) is 5.75 Å². The zero-order chi connectivity index (χ0) is 24.1. The third-order valence-electron chi connectivity index (χ3n) is 6.04. The van der Waals surface area contributed by atoms with Crippen molar-refractivity contribution in [3.63, 3.8) is 0 Å². The minimum atomic E-state index is -0.301. The molecule has 0 fully saturated rings. The van der Waals surface area contributed by atoms with Gasteiger partial charge in [-0.25, -0.2) is 4.39 Å². The third-order valence-corrected chi connectivity index (χ3v) is 6.04. The van der Waals surface area contributed by atoms with Crippen LogP contribution in [-0.4, -0.2) is 34.8 Å². The Morgan fingerprint density at radius 3 is 2.29 bits per heavy atom. The van der Waals surface area contributed by atoms with Crippen LogP contribution >= 0.6 is 0 Å². The molecule has 176 valence electrons. The van der Waals surface area contributed by atoms with Crippen molar-refractivity contribution in [1.29, 1.82) is 0 Å². The number of amides is 2. The normalized spacial score (nSPS) is 13.0. The molecule has 1 aliphatic heterocycles. The minimum Gasteiger partial charge on any atom is -0.491 e. The van der Waals surface area contributed by atoms with Gasteiger partial charge < -0.3 is 14.5 Å². The van der Waals surface area contributed by atoms with Crippen molar-refractivity contribution in [1.82, 2.24) is 9.80 Å². The molecule has 0 aromatic heterocycles. The fraction of sp³-hybridized carbons (Fsp3) is 0.286. The van der Waals surface area contributed by atoms with Gasteiger partial charge in [-0.2, -0.15) is 0 Å². The highest BCUT2D eigenvalue weighted by molar-refractivity contribution is 5.79. The summed E-state index contributed by atoms with van der Waals surface area (Å²) >= 11 is 0. The van der Waals surface area contributed by atoms with Crippen LogP contribution in [0.3, 0.4) is 0 Å². The Labute approximate surface area is 199 Å². The zero-order valence-electron chi connectivity index (χ0n) is 19.6. The largest absolute Gasteiger partial charge is 0.491 e. The molecule has 0 radical (unpaired) electrons. The molecule has 0 saturated heterocycles. The standard InChI is InChI=1S/C28H29FN2O3/c1-20-3-5-22(6-4-20)16-28(33)30-13-14-34-27-12-9-24(15-25(27)19-30)18-31(21(2)32)17-23-7-10-26(29)11-8-23/h3-12,15H,13-14,16-19H2,1-2H3. The summed E-state index contributed by atoms with van der Waals surface area (Å²) < 4.78 is 19.1. The van der Waals surface area contributed by atoms with E-state index >= 15 is 0 Å². The number of ether oxygens (including phenoxy) is 1. The lowest BCUT2D eigenvalue weighted by molar-refractivity contribution is -0.131. The molecule has 4 rings (SSSR count). The topological polar surface area (TPSA) is 49.9 Å². The van der Waals surface area contributed by atoms with Gasteiger partial charge >= 0.3 is 0 Å². The van der Waals surface area contributed by atoms with Gasteiger partial charge in [0.2, 0.25) is 11.8 Å². The fourth-order valence-electron chi connectivity index (χ4n) is 4.06. The van der Waals surface area contributed by atoms with Gasteiger partial charge in [-0.1, -0.05) is 48.0 Å². The zero-order valence-corrected chi connectivity index (χ0v) is 19.6. The van der Waals surface area contributed by atoms with E-state index < -0.39 is 0 Å². The predicted octanol–water partition coefficient (Wildman–Crippen LogP) is 4.65. The van der Waals surface area contributed by atoms with Crippen molar-refractivity contribution in [2.24, 2.45) is 0 Å². The van der Waals surface area contributed by atoms with Crippen LogP contribution in [0.25, 0.3) is 0 Å². The van der Waals surface area contributed by atoms with Crippen LogP contribution in [0.1, 0.15) is 34.7 Å². The molecule has 3 aromatic rings. The van der Waals surface area contributed by atoms with Crippen LogP contribution in [0.5, 0.6) is 5.75 Å². The molecule has 6 heteroatoms. The van der Waals surface area contributed by atoms with Crippen LogP contribution in [0, 0.1) is 12.7 Å². The average Bonchev–Trinajstić information content (AvgIpc) is 3.03. The molecule has 0 unspecified atom stereocenters. The Bertz CT molecular complexity index is 1160. The Morgan fingerprint density at radius 2 is 1.59 bits per heavy atom. The molecular weight excluding hydrogens is 431 g/mol. The van der Waals surface area contributed by atoms with E-state index in [9.17, 15) is 14.0 Å². The molecule has 0 atom stereocenters. The first-order valence-electron chi connectivity index (χ1n) is 11.5. The maximum Gasteiger partial charge on any atom is 0.227 e. The highest BCUT2D eigenvalue weighted by Gasteiger charge is 2.21. The highest BCUT2D eigenvalue weighted by Crippen LogP contribution is 2.26. The summed E-state index contributed by atoms with van der Waals surface area (Å²) in [5, 5.41) is 0. The van der Waals surface area contributed by atoms with Gasteiger partial charge in [-0.05, 0) is 47.9 Å². The second kappa shape index (κ2) is 10.5. The van der Waals surface area contributed by atoms with E-state index in [1.165, 1.54) is 24.6 Å². The molecule has 2 amide bonds. The van der Waals surface area contributed by atoms with E-state index in [1.54, 1.807) is 17.0 Å². The Hall–Kier alpha value is -3.67. The highest BCUT2D eigenvalue weighted by atomic mass is 19.1. The molecule has 3 aromatic carbocycles. The number of rotatable bonds is 6. The summed E-state index contributed by atoms with van der Waals surface area (Å²) in [7, 11) is 0. The molecule has 1 heterocycles. The monoisotopic (exact) mass is 460 g/mol. The van der Waals surface area contributed by atoms with Crippen LogP contribution in [0.15, 0.2) is 66.7 Å². The van der Waals surface area contributed by atoms with Gasteiger partial charge in [0, 0.05) is 32.1 Å². The number of carbonyl (C=O) groups excluding carboxylic acids is 2. The van der Waals surface area contributed by atoms with Gasteiger partial charge in [0.25, 0.3) is 0 Å². The molecule has 34 heavy (non-hydrogen) atoms. The maximum absolute atomic E-state index is 13.2. The fourth-order valence-corrected chi connectivity index (χ4v) is 4.06. The van der Waals surface area contributed by atoms with Gasteiger partial charge in [0.1, 0.15) is 18.2 Å². The van der Waals surface area contributed by atoms with Gasteiger partial charge in [0.05, 0.1) is 13.0 Å². The SMILES string of the molecule is CC(=O)N(Cc1ccc(F)cc1)Cc1ccc2c(c1)CN(C(=O)Cc1ccc(C)cc1)CCO2. The first-order chi connectivity index (χ1) is 16.4. The quantitative estimate of drug-likeness (QED) is 0.538. The Kier molecular flexibility index (Phi) is 7.26. The number of carbonyl (C=O) groups is 2. The third kappa shape index (κ3) is 6.01. The Morgan fingerprint density at radius 1 is 0.941 bits per heavy atom. The van der Waals surface area contributed by atoms with Crippen LogP contribution in [-0.2, 0) is 35.6 Å². The first kappa shape index (κ1) is 23.5. The van der Waals surface area contributed by atoms with Crippen LogP contribution in [0.4, 0.5) is 4.39 Å². The molecule has 0 aliphatic carbocycles. The number of aryl methyl sites for hydroxylation is 1. The summed E-state index contributed by atoms with van der Waals surface area (Å²) in [6.45, 7) is 5.79. The van der Waals surface area contributed by atoms with Crippen molar-refractivity contribution >= 4 is 11.8 Å². The van der Waals surface area contributed by atoms with Crippen LogP contribution in [0.2, 0.25) is 0 Å².